The van der Waals surface area contributed by atoms with Crippen LogP contribution in [0.3, 0.4) is 0 Å². The summed E-state index contributed by atoms with van der Waals surface area (Å²) in [6.07, 6.45) is 2.70. The Hall–Kier alpha value is -1.41. The van der Waals surface area contributed by atoms with Crippen LogP contribution in [0.2, 0.25) is 0 Å². The van der Waals surface area contributed by atoms with Gasteiger partial charge in [0.05, 0.1) is 6.10 Å². The minimum atomic E-state index is -0.345. The third kappa shape index (κ3) is 11.7. The van der Waals surface area contributed by atoms with Crippen LogP contribution in [-0.2, 0) is 14.4 Å². The van der Waals surface area contributed by atoms with Gasteiger partial charge in [-0.05, 0) is 45.4 Å². The van der Waals surface area contributed by atoms with Crippen LogP contribution in [0.25, 0.3) is 0 Å². The van der Waals surface area contributed by atoms with Gasteiger partial charge < -0.3 is 20.4 Å². The summed E-state index contributed by atoms with van der Waals surface area (Å²) in [6.45, 7) is 2.88. The van der Waals surface area contributed by atoms with Crippen molar-refractivity contribution in [3.63, 3.8) is 0 Å². The Morgan fingerprint density at radius 3 is 2.52 bits per heavy atom. The van der Waals surface area contributed by atoms with E-state index in [0.29, 0.717) is 25.7 Å². The first-order valence-electron chi connectivity index (χ1n) is 8.30. The van der Waals surface area contributed by atoms with E-state index >= 15 is 0 Å². The number of ether oxygens (including phenoxy) is 1. The van der Waals surface area contributed by atoms with Crippen LogP contribution >= 0.6 is 11.8 Å². The molecule has 6 nitrogen and oxygen atoms in total. The zero-order valence-corrected chi connectivity index (χ0v) is 16.1. The van der Waals surface area contributed by atoms with Gasteiger partial charge in [0.2, 0.25) is 0 Å². The number of thioether (sulfide) groups is 1. The number of hydrogen-bond donors (Lipinski definition) is 2. The fraction of sp³-hybridized carbons (Fsp3) is 0.556. The zero-order valence-electron chi connectivity index (χ0n) is 15.3. The summed E-state index contributed by atoms with van der Waals surface area (Å²) in [7, 11) is 3.20. The molecule has 0 aliphatic carbocycles. The number of aldehydes is 1. The Morgan fingerprint density at radius 2 is 1.96 bits per heavy atom. The molecule has 0 fully saturated rings. The molecule has 1 atom stereocenters. The standard InChI is InChI=1S/C17H25NO4S.CH5N/c1-14(20)5-3-11-22-18-17(13-19)15-6-8-16(9-7-15)23-12-4-10-21-2;1-2/h6-9,13-14,20H,3-5,10-12H2,1-2H3;2H2,1H3/b18-17+;. The molecular formula is C18H30N2O4S. The number of nitrogens with zero attached hydrogens (tertiary/aromatic N) is 1. The zero-order chi connectivity index (χ0) is 18.9. The Bertz CT molecular complexity index is 478. The number of nitrogens with two attached hydrogens (primary N) is 1. The van der Waals surface area contributed by atoms with Crippen LogP contribution in [0, 0.1) is 0 Å². The van der Waals surface area contributed by atoms with E-state index in [9.17, 15) is 4.79 Å². The number of aliphatic hydroxyl groups is 1. The van der Waals surface area contributed by atoms with Crippen LogP contribution in [0.15, 0.2) is 34.3 Å². The molecule has 0 aliphatic rings. The van der Waals surface area contributed by atoms with Gasteiger partial charge in [-0.3, -0.25) is 4.79 Å². The number of methoxy groups -OCH3 is 1. The molecule has 3 N–H and O–H groups in total. The third-order valence-corrected chi connectivity index (χ3v) is 4.14. The minimum Gasteiger partial charge on any atom is -0.395 e. The maximum Gasteiger partial charge on any atom is 0.172 e. The normalized spacial score (nSPS) is 12.1. The van der Waals surface area contributed by atoms with Crippen molar-refractivity contribution in [2.45, 2.75) is 37.2 Å². The lowest BCUT2D eigenvalue weighted by molar-refractivity contribution is -0.102. The molecule has 0 radical (unpaired) electrons. The predicted molar refractivity (Wildman–Crippen MR) is 103 cm³/mol. The van der Waals surface area contributed by atoms with Crippen LogP contribution in [0.1, 0.15) is 31.7 Å². The van der Waals surface area contributed by atoms with Gasteiger partial charge in [-0.15, -0.1) is 11.8 Å². The van der Waals surface area contributed by atoms with Gasteiger partial charge in [0, 0.05) is 29.9 Å². The van der Waals surface area contributed by atoms with Crippen molar-refractivity contribution >= 4 is 23.8 Å². The fourth-order valence-corrected chi connectivity index (χ4v) is 2.64. The first-order chi connectivity index (χ1) is 12.2. The van der Waals surface area contributed by atoms with E-state index in [1.54, 1.807) is 25.8 Å². The molecule has 1 rings (SSSR count). The van der Waals surface area contributed by atoms with Crippen LogP contribution in [-0.4, -0.2) is 56.3 Å². The summed E-state index contributed by atoms with van der Waals surface area (Å²) in [5, 5.41) is 13.0. The average Bonchev–Trinajstić information content (AvgIpc) is 2.64. The van der Waals surface area contributed by atoms with Gasteiger partial charge in [-0.2, -0.15) is 0 Å². The van der Waals surface area contributed by atoms with Gasteiger partial charge in [0.15, 0.2) is 6.29 Å². The molecule has 1 unspecified atom stereocenters. The largest absolute Gasteiger partial charge is 0.395 e. The number of rotatable bonds is 12. The summed E-state index contributed by atoms with van der Waals surface area (Å²) in [5.41, 5.74) is 5.51. The van der Waals surface area contributed by atoms with Crippen molar-refractivity contribution in [3.05, 3.63) is 29.8 Å². The maximum atomic E-state index is 11.1. The van der Waals surface area contributed by atoms with Crippen molar-refractivity contribution in [1.29, 1.82) is 0 Å². The number of carbonyl (C=O) groups excluding carboxylic acids is 1. The molecule has 0 spiro atoms. The van der Waals surface area contributed by atoms with Crippen LogP contribution in [0.5, 0.6) is 0 Å². The molecule has 142 valence electrons. The Balaban J connectivity index is 0.00000277. The number of carbonyl (C=O) groups is 1. The molecule has 1 aromatic rings. The molecule has 0 amide bonds. The highest BCUT2D eigenvalue weighted by atomic mass is 32.2. The molecule has 7 heteroatoms. The van der Waals surface area contributed by atoms with E-state index < -0.39 is 0 Å². The Kier molecular flexibility index (Phi) is 15.2. The summed E-state index contributed by atoms with van der Waals surface area (Å²) in [6, 6.07) is 7.68. The Labute approximate surface area is 154 Å². The maximum absolute atomic E-state index is 11.1. The molecule has 0 aliphatic heterocycles. The van der Waals surface area contributed by atoms with E-state index in [4.69, 9.17) is 14.7 Å². The van der Waals surface area contributed by atoms with Crippen molar-refractivity contribution < 1.29 is 19.5 Å². The summed E-state index contributed by atoms with van der Waals surface area (Å²) >= 11 is 1.75. The lowest BCUT2D eigenvalue weighted by atomic mass is 10.1. The lowest BCUT2D eigenvalue weighted by Crippen LogP contribution is -2.05. The van der Waals surface area contributed by atoms with Gasteiger partial charge in [0.1, 0.15) is 12.3 Å². The molecule has 0 bridgehead atoms. The molecule has 0 heterocycles. The van der Waals surface area contributed by atoms with Crippen molar-refractivity contribution in [2.24, 2.45) is 10.9 Å². The van der Waals surface area contributed by atoms with E-state index in [-0.39, 0.29) is 11.8 Å². The van der Waals surface area contributed by atoms with E-state index in [2.05, 4.69) is 10.9 Å². The van der Waals surface area contributed by atoms with Gasteiger partial charge in [-0.25, -0.2) is 0 Å². The smallest absolute Gasteiger partial charge is 0.172 e. The first kappa shape index (κ1) is 23.6. The van der Waals surface area contributed by atoms with Gasteiger partial charge >= 0.3 is 0 Å². The van der Waals surface area contributed by atoms with Gasteiger partial charge in [-0.1, -0.05) is 17.3 Å². The average molecular weight is 371 g/mol. The van der Waals surface area contributed by atoms with E-state index in [0.717, 1.165) is 29.2 Å². The molecule has 25 heavy (non-hydrogen) atoms. The first-order valence-corrected chi connectivity index (χ1v) is 9.29. The van der Waals surface area contributed by atoms with Crippen molar-refractivity contribution in [3.8, 4) is 0 Å². The van der Waals surface area contributed by atoms with Gasteiger partial charge in [0.25, 0.3) is 0 Å². The molecule has 0 saturated carbocycles. The summed E-state index contributed by atoms with van der Waals surface area (Å²) in [4.78, 5) is 17.4. The molecule has 0 aromatic heterocycles. The number of oxime groups is 1. The number of benzene rings is 1. The highest BCUT2D eigenvalue weighted by Crippen LogP contribution is 2.19. The quantitative estimate of drug-likeness (QED) is 0.193. The van der Waals surface area contributed by atoms with Crippen LogP contribution < -0.4 is 5.73 Å². The third-order valence-electron chi connectivity index (χ3n) is 3.04. The van der Waals surface area contributed by atoms with Crippen molar-refractivity contribution in [2.75, 3.05) is 33.1 Å². The predicted octanol–water partition coefficient (Wildman–Crippen LogP) is 2.47. The summed E-state index contributed by atoms with van der Waals surface area (Å²) in [5.74, 6) is 0.994. The topological polar surface area (TPSA) is 94.1 Å². The second-order valence-electron chi connectivity index (χ2n) is 5.14. The van der Waals surface area contributed by atoms with Crippen LogP contribution in [0.4, 0.5) is 0 Å². The van der Waals surface area contributed by atoms with E-state index in [1.807, 2.05) is 24.3 Å². The van der Waals surface area contributed by atoms with E-state index in [1.165, 1.54) is 7.05 Å². The number of aliphatic hydroxyl groups excluding tert-OH is 1. The Morgan fingerprint density at radius 1 is 1.28 bits per heavy atom. The fourth-order valence-electron chi connectivity index (χ4n) is 1.82. The number of hydrogen-bond acceptors (Lipinski definition) is 7. The molecular weight excluding hydrogens is 340 g/mol. The monoisotopic (exact) mass is 370 g/mol. The van der Waals surface area contributed by atoms with Crippen molar-refractivity contribution in [1.82, 2.24) is 0 Å². The molecule has 1 aromatic carbocycles. The minimum absolute atomic E-state index is 0.276. The lowest BCUT2D eigenvalue weighted by Gasteiger charge is -2.05. The highest BCUT2D eigenvalue weighted by molar-refractivity contribution is 7.99. The summed E-state index contributed by atoms with van der Waals surface area (Å²) < 4.78 is 5.02. The second-order valence-corrected chi connectivity index (χ2v) is 6.31. The highest BCUT2D eigenvalue weighted by Gasteiger charge is 2.04. The second kappa shape index (κ2) is 16.1. The molecule has 0 saturated heterocycles. The SMILES string of the molecule is CN.COCCCSc1ccc(/C(C=O)=N/OCCCC(C)O)cc1.